The quantitative estimate of drug-likeness (QED) is 0.620. The lowest BCUT2D eigenvalue weighted by Gasteiger charge is -2.26. The van der Waals surface area contributed by atoms with Crippen molar-refractivity contribution in [3.8, 4) is 5.75 Å². The number of amides is 1. The number of methoxy groups -OCH3 is 1. The monoisotopic (exact) mass is 321 g/mol. The Balaban J connectivity index is 1.88. The number of nitro benzene ring substituents is 1. The normalized spacial score (nSPS) is 20.8. The van der Waals surface area contributed by atoms with E-state index in [-0.39, 0.29) is 23.9 Å². The van der Waals surface area contributed by atoms with Crippen molar-refractivity contribution in [3.05, 3.63) is 28.3 Å². The average Bonchev–Trinajstić information content (AvgIpc) is 2.54. The van der Waals surface area contributed by atoms with Gasteiger partial charge in [-0.1, -0.05) is 6.92 Å². The van der Waals surface area contributed by atoms with Crippen molar-refractivity contribution in [1.29, 1.82) is 0 Å². The van der Waals surface area contributed by atoms with Crippen LogP contribution in [0.1, 0.15) is 32.6 Å². The molecule has 1 aliphatic carbocycles. The molecule has 23 heavy (non-hydrogen) atoms. The Morgan fingerprint density at radius 1 is 1.35 bits per heavy atom. The lowest BCUT2D eigenvalue weighted by molar-refractivity contribution is -0.384. The summed E-state index contributed by atoms with van der Waals surface area (Å²) in [5, 5.41) is 16.8. The Bertz CT molecular complexity index is 568. The van der Waals surface area contributed by atoms with E-state index in [0.717, 1.165) is 18.8 Å². The Kier molecular flexibility index (Phi) is 5.92. The first-order chi connectivity index (χ1) is 11.0. The summed E-state index contributed by atoms with van der Waals surface area (Å²) >= 11 is 0. The Morgan fingerprint density at radius 2 is 2.04 bits per heavy atom. The first-order valence-corrected chi connectivity index (χ1v) is 7.85. The Labute approximate surface area is 135 Å². The van der Waals surface area contributed by atoms with Crippen molar-refractivity contribution in [2.75, 3.05) is 19.0 Å². The van der Waals surface area contributed by atoms with Gasteiger partial charge in [-0.05, 0) is 37.7 Å². The van der Waals surface area contributed by atoms with Crippen molar-refractivity contribution < 1.29 is 14.5 Å². The zero-order chi connectivity index (χ0) is 16.8. The Morgan fingerprint density at radius 3 is 2.65 bits per heavy atom. The van der Waals surface area contributed by atoms with Crippen molar-refractivity contribution >= 4 is 17.3 Å². The van der Waals surface area contributed by atoms with E-state index in [1.807, 2.05) is 0 Å². The van der Waals surface area contributed by atoms with Crippen LogP contribution in [-0.2, 0) is 4.79 Å². The third-order valence-electron chi connectivity index (χ3n) is 4.24. The van der Waals surface area contributed by atoms with Crippen molar-refractivity contribution in [2.45, 2.75) is 38.6 Å². The standard InChI is InChI=1S/C16H23N3O4/c1-11-3-5-12(6-4-11)17-10-16(20)18-14-8-7-13(19(21)22)9-15(14)23-2/h7-9,11-12,17H,3-6,10H2,1-2H3,(H,18,20). The molecule has 1 aliphatic rings. The molecule has 0 atom stereocenters. The van der Waals surface area contributed by atoms with Gasteiger partial charge in [0.15, 0.2) is 0 Å². The van der Waals surface area contributed by atoms with Crippen LogP contribution in [0.25, 0.3) is 0 Å². The number of nitrogens with zero attached hydrogens (tertiary/aromatic N) is 1. The number of hydrogen-bond acceptors (Lipinski definition) is 5. The van der Waals surface area contributed by atoms with Crippen LogP contribution in [0, 0.1) is 16.0 Å². The molecule has 2 rings (SSSR count). The van der Waals surface area contributed by atoms with Crippen molar-refractivity contribution in [3.63, 3.8) is 0 Å². The van der Waals surface area contributed by atoms with Gasteiger partial charge in [-0.2, -0.15) is 0 Å². The minimum Gasteiger partial charge on any atom is -0.494 e. The second-order valence-electron chi connectivity index (χ2n) is 6.03. The topological polar surface area (TPSA) is 93.5 Å². The third kappa shape index (κ3) is 4.92. The molecule has 1 amide bonds. The molecule has 0 unspecified atom stereocenters. The second kappa shape index (κ2) is 7.92. The van der Waals surface area contributed by atoms with Gasteiger partial charge in [-0.25, -0.2) is 0 Å². The molecule has 0 spiro atoms. The second-order valence-corrected chi connectivity index (χ2v) is 6.03. The summed E-state index contributed by atoms with van der Waals surface area (Å²) in [6.45, 7) is 2.48. The van der Waals surface area contributed by atoms with Gasteiger partial charge in [0.05, 0.1) is 30.3 Å². The van der Waals surface area contributed by atoms with Gasteiger partial charge >= 0.3 is 0 Å². The zero-order valence-corrected chi connectivity index (χ0v) is 13.5. The molecule has 1 saturated carbocycles. The number of rotatable bonds is 6. The molecule has 7 heteroatoms. The third-order valence-corrected chi connectivity index (χ3v) is 4.24. The first-order valence-electron chi connectivity index (χ1n) is 7.85. The molecule has 2 N–H and O–H groups in total. The summed E-state index contributed by atoms with van der Waals surface area (Å²) in [6.07, 6.45) is 4.57. The maximum atomic E-state index is 12.0. The van der Waals surface area contributed by atoms with E-state index in [1.54, 1.807) is 0 Å². The predicted molar refractivity (Wildman–Crippen MR) is 87.7 cm³/mol. The smallest absolute Gasteiger partial charge is 0.273 e. The van der Waals surface area contributed by atoms with E-state index >= 15 is 0 Å². The molecule has 1 aromatic rings. The number of nitrogens with one attached hydrogen (secondary N) is 2. The highest BCUT2D eigenvalue weighted by Crippen LogP contribution is 2.29. The fraction of sp³-hybridized carbons (Fsp3) is 0.562. The molecule has 1 aromatic carbocycles. The van der Waals surface area contributed by atoms with E-state index in [2.05, 4.69) is 17.6 Å². The Hall–Kier alpha value is -2.15. The highest BCUT2D eigenvalue weighted by molar-refractivity contribution is 5.93. The van der Waals surface area contributed by atoms with Crippen LogP contribution >= 0.6 is 0 Å². The minimum atomic E-state index is -0.500. The molecule has 0 heterocycles. The van der Waals surface area contributed by atoms with E-state index < -0.39 is 4.92 Å². The SMILES string of the molecule is COc1cc([N+](=O)[O-])ccc1NC(=O)CNC1CCC(C)CC1. The lowest BCUT2D eigenvalue weighted by Crippen LogP contribution is -2.38. The van der Waals surface area contributed by atoms with Crippen LogP contribution in [0.3, 0.4) is 0 Å². The van der Waals surface area contributed by atoms with Gasteiger partial charge in [0, 0.05) is 12.1 Å². The molecule has 0 radical (unpaired) electrons. The maximum Gasteiger partial charge on any atom is 0.273 e. The van der Waals surface area contributed by atoms with Gasteiger partial charge in [0.2, 0.25) is 5.91 Å². The van der Waals surface area contributed by atoms with Gasteiger partial charge < -0.3 is 15.4 Å². The summed E-state index contributed by atoms with van der Waals surface area (Å²) in [5.74, 6) is 0.862. The predicted octanol–water partition coefficient (Wildman–Crippen LogP) is 2.71. The van der Waals surface area contributed by atoms with Crippen LogP contribution in [-0.4, -0.2) is 30.5 Å². The molecule has 0 saturated heterocycles. The number of benzene rings is 1. The minimum absolute atomic E-state index is 0.0747. The molecule has 0 aromatic heterocycles. The van der Waals surface area contributed by atoms with Crippen LogP contribution in [0.15, 0.2) is 18.2 Å². The summed E-state index contributed by atoms with van der Waals surface area (Å²) in [6, 6.07) is 4.51. The molecular weight excluding hydrogens is 298 g/mol. The molecule has 0 bridgehead atoms. The van der Waals surface area contributed by atoms with Crippen molar-refractivity contribution in [1.82, 2.24) is 5.32 Å². The van der Waals surface area contributed by atoms with Gasteiger partial charge in [0.25, 0.3) is 5.69 Å². The number of nitro groups is 1. The number of carbonyl (C=O) groups is 1. The van der Waals surface area contributed by atoms with E-state index in [1.165, 1.54) is 38.2 Å². The lowest BCUT2D eigenvalue weighted by atomic mass is 9.87. The summed E-state index contributed by atoms with van der Waals surface area (Å²) in [5.41, 5.74) is 0.358. The number of hydrogen-bond donors (Lipinski definition) is 2. The summed E-state index contributed by atoms with van der Waals surface area (Å²) in [4.78, 5) is 22.3. The number of ether oxygens (including phenoxy) is 1. The highest BCUT2D eigenvalue weighted by Gasteiger charge is 2.19. The van der Waals surface area contributed by atoms with Gasteiger partial charge in [-0.15, -0.1) is 0 Å². The molecule has 7 nitrogen and oxygen atoms in total. The number of non-ortho nitro benzene ring substituents is 1. The number of anilines is 1. The molecule has 1 fully saturated rings. The fourth-order valence-electron chi connectivity index (χ4n) is 2.79. The van der Waals surface area contributed by atoms with E-state index in [0.29, 0.717) is 11.7 Å². The van der Waals surface area contributed by atoms with Gasteiger partial charge in [0.1, 0.15) is 5.75 Å². The maximum absolute atomic E-state index is 12.0. The van der Waals surface area contributed by atoms with Crippen LogP contribution in [0.2, 0.25) is 0 Å². The fourth-order valence-corrected chi connectivity index (χ4v) is 2.79. The van der Waals surface area contributed by atoms with Crippen LogP contribution in [0.4, 0.5) is 11.4 Å². The van der Waals surface area contributed by atoms with Gasteiger partial charge in [-0.3, -0.25) is 14.9 Å². The van der Waals surface area contributed by atoms with Crippen LogP contribution < -0.4 is 15.4 Å². The molecule has 0 aliphatic heterocycles. The molecular formula is C16H23N3O4. The average molecular weight is 321 g/mol. The largest absolute Gasteiger partial charge is 0.494 e. The van der Waals surface area contributed by atoms with E-state index in [4.69, 9.17) is 4.74 Å². The van der Waals surface area contributed by atoms with Crippen LogP contribution in [0.5, 0.6) is 5.75 Å². The number of carbonyl (C=O) groups excluding carboxylic acids is 1. The summed E-state index contributed by atoms with van der Waals surface area (Å²) < 4.78 is 5.10. The highest BCUT2D eigenvalue weighted by atomic mass is 16.6. The summed E-state index contributed by atoms with van der Waals surface area (Å²) in [7, 11) is 1.41. The first kappa shape index (κ1) is 17.2. The zero-order valence-electron chi connectivity index (χ0n) is 13.5. The molecule has 126 valence electrons. The van der Waals surface area contributed by atoms with Crippen molar-refractivity contribution in [2.24, 2.45) is 5.92 Å². The van der Waals surface area contributed by atoms with E-state index in [9.17, 15) is 14.9 Å².